The molecule has 1 fully saturated rings. The Hall–Kier alpha value is -0.870. The molecule has 1 aliphatic carbocycles. The lowest BCUT2D eigenvalue weighted by Gasteiger charge is -2.14. The maximum atomic E-state index is 5.99. The van der Waals surface area contributed by atoms with E-state index >= 15 is 0 Å². The van der Waals surface area contributed by atoms with Crippen molar-refractivity contribution >= 4 is 44.3 Å². The molecule has 1 saturated carbocycles. The van der Waals surface area contributed by atoms with Gasteiger partial charge in [-0.2, -0.15) is 0 Å². The minimum absolute atomic E-state index is 0.298. The van der Waals surface area contributed by atoms with E-state index in [1.54, 1.807) is 12.4 Å². The summed E-state index contributed by atoms with van der Waals surface area (Å²) in [5, 5.41) is 3.46. The number of rotatable bonds is 4. The summed E-state index contributed by atoms with van der Waals surface area (Å²) < 4.78 is 0.944. The van der Waals surface area contributed by atoms with Gasteiger partial charge in [0.25, 0.3) is 0 Å². The van der Waals surface area contributed by atoms with Gasteiger partial charge in [-0.1, -0.05) is 0 Å². The van der Waals surface area contributed by atoms with E-state index in [4.69, 9.17) is 11.6 Å². The van der Waals surface area contributed by atoms with Crippen molar-refractivity contribution in [3.05, 3.63) is 29.0 Å². The van der Waals surface area contributed by atoms with Crippen LogP contribution in [0.4, 0.5) is 5.69 Å². The quantitative estimate of drug-likeness (QED) is 0.868. The molecular weight excluding hydrogens is 314 g/mol. The molecule has 3 rings (SSSR count). The maximum absolute atomic E-state index is 5.99. The van der Waals surface area contributed by atoms with Gasteiger partial charge in [0.15, 0.2) is 0 Å². The third-order valence-electron chi connectivity index (χ3n) is 3.44. The molecule has 0 bridgehead atoms. The molecule has 0 amide bonds. The summed E-state index contributed by atoms with van der Waals surface area (Å²) in [6, 6.07) is 3.94. The molecule has 0 aliphatic heterocycles. The van der Waals surface area contributed by atoms with E-state index in [-0.39, 0.29) is 0 Å². The highest BCUT2D eigenvalue weighted by molar-refractivity contribution is 9.10. The Morgan fingerprint density at radius 1 is 1.39 bits per heavy atom. The van der Waals surface area contributed by atoms with Gasteiger partial charge < -0.3 is 5.32 Å². The van der Waals surface area contributed by atoms with Gasteiger partial charge in [-0.05, 0) is 40.9 Å². The number of nitrogens with one attached hydrogen (secondary N) is 1. The predicted octanol–water partition coefficient (Wildman–Crippen LogP) is 3.82. The first-order valence-electron chi connectivity index (χ1n) is 5.93. The minimum atomic E-state index is 0.298. The van der Waals surface area contributed by atoms with Crippen LogP contribution in [0, 0.1) is 5.41 Å². The standard InChI is InChI=1S/C13H13BrClN3/c14-9-5-11-12(17-6-9)10(1-4-16-11)18-8-13(7-15)2-3-13/h1,4-6H,2-3,7-8H2,(H,16,18). The molecule has 2 aromatic rings. The number of anilines is 1. The second-order valence-corrected chi connectivity index (χ2v) is 6.05. The molecule has 0 saturated heterocycles. The summed E-state index contributed by atoms with van der Waals surface area (Å²) in [6.45, 7) is 0.910. The smallest absolute Gasteiger partial charge is 0.112 e. The van der Waals surface area contributed by atoms with Gasteiger partial charge in [0.1, 0.15) is 5.52 Å². The Morgan fingerprint density at radius 3 is 2.94 bits per heavy atom. The molecule has 5 heteroatoms. The lowest BCUT2D eigenvalue weighted by molar-refractivity contribution is 0.619. The Balaban J connectivity index is 1.87. The number of fused-ring (bicyclic) bond motifs is 1. The molecule has 18 heavy (non-hydrogen) atoms. The normalized spacial score (nSPS) is 16.8. The average Bonchev–Trinajstić information content (AvgIpc) is 3.16. The van der Waals surface area contributed by atoms with E-state index in [0.717, 1.165) is 33.6 Å². The van der Waals surface area contributed by atoms with Gasteiger partial charge in [0.2, 0.25) is 0 Å². The van der Waals surface area contributed by atoms with Crippen LogP contribution in [0.2, 0.25) is 0 Å². The second kappa shape index (κ2) is 4.67. The summed E-state index contributed by atoms with van der Waals surface area (Å²) in [5.74, 6) is 0.724. The molecule has 0 unspecified atom stereocenters. The topological polar surface area (TPSA) is 37.8 Å². The van der Waals surface area contributed by atoms with E-state index in [1.165, 1.54) is 12.8 Å². The van der Waals surface area contributed by atoms with Gasteiger partial charge in [-0.15, -0.1) is 11.6 Å². The van der Waals surface area contributed by atoms with Gasteiger partial charge in [-0.25, -0.2) is 0 Å². The minimum Gasteiger partial charge on any atom is -0.383 e. The van der Waals surface area contributed by atoms with E-state index < -0.39 is 0 Å². The average molecular weight is 327 g/mol. The van der Waals surface area contributed by atoms with Crippen LogP contribution >= 0.6 is 27.5 Å². The van der Waals surface area contributed by atoms with Crippen molar-refractivity contribution in [1.29, 1.82) is 0 Å². The van der Waals surface area contributed by atoms with Crippen LogP contribution in [-0.4, -0.2) is 22.4 Å². The summed E-state index contributed by atoms with van der Waals surface area (Å²) >= 11 is 9.40. The molecule has 2 aromatic heterocycles. The van der Waals surface area contributed by atoms with Crippen molar-refractivity contribution in [3.63, 3.8) is 0 Å². The first-order chi connectivity index (χ1) is 8.72. The van der Waals surface area contributed by atoms with E-state index in [0.29, 0.717) is 5.41 Å². The highest BCUT2D eigenvalue weighted by atomic mass is 79.9. The number of alkyl halides is 1. The maximum Gasteiger partial charge on any atom is 0.112 e. The largest absolute Gasteiger partial charge is 0.383 e. The Bertz CT molecular complexity index is 583. The molecule has 0 atom stereocenters. The van der Waals surface area contributed by atoms with E-state index in [1.807, 2.05) is 12.1 Å². The van der Waals surface area contributed by atoms with Crippen molar-refractivity contribution in [2.75, 3.05) is 17.7 Å². The van der Waals surface area contributed by atoms with Gasteiger partial charge in [0.05, 0.1) is 11.2 Å². The van der Waals surface area contributed by atoms with Crippen molar-refractivity contribution in [1.82, 2.24) is 9.97 Å². The lowest BCUT2D eigenvalue weighted by atomic mass is 10.1. The zero-order valence-electron chi connectivity index (χ0n) is 9.79. The van der Waals surface area contributed by atoms with Crippen molar-refractivity contribution < 1.29 is 0 Å². The van der Waals surface area contributed by atoms with Crippen LogP contribution in [0.3, 0.4) is 0 Å². The first kappa shape index (κ1) is 12.2. The Morgan fingerprint density at radius 2 is 2.22 bits per heavy atom. The predicted molar refractivity (Wildman–Crippen MR) is 78.1 cm³/mol. The van der Waals surface area contributed by atoms with Crippen LogP contribution in [0.15, 0.2) is 29.0 Å². The van der Waals surface area contributed by atoms with Crippen LogP contribution in [0.1, 0.15) is 12.8 Å². The van der Waals surface area contributed by atoms with Crippen LogP contribution in [-0.2, 0) is 0 Å². The van der Waals surface area contributed by atoms with E-state index in [9.17, 15) is 0 Å². The van der Waals surface area contributed by atoms with Gasteiger partial charge in [0, 0.05) is 34.7 Å². The van der Waals surface area contributed by atoms with E-state index in [2.05, 4.69) is 31.2 Å². The first-order valence-corrected chi connectivity index (χ1v) is 7.25. The summed E-state index contributed by atoms with van der Waals surface area (Å²) in [7, 11) is 0. The monoisotopic (exact) mass is 325 g/mol. The van der Waals surface area contributed by atoms with Gasteiger partial charge >= 0.3 is 0 Å². The van der Waals surface area contributed by atoms with Crippen molar-refractivity contribution in [3.8, 4) is 0 Å². The van der Waals surface area contributed by atoms with Crippen molar-refractivity contribution in [2.24, 2.45) is 5.41 Å². The number of pyridine rings is 2. The highest BCUT2D eigenvalue weighted by Crippen LogP contribution is 2.46. The number of hydrogen-bond acceptors (Lipinski definition) is 3. The molecule has 0 radical (unpaired) electrons. The third kappa shape index (κ3) is 2.31. The molecule has 3 nitrogen and oxygen atoms in total. The Kier molecular flexibility index (Phi) is 3.16. The molecule has 2 heterocycles. The zero-order chi connectivity index (χ0) is 12.6. The fraction of sp³-hybridized carbons (Fsp3) is 0.385. The molecule has 1 aliphatic rings. The molecule has 0 spiro atoms. The highest BCUT2D eigenvalue weighted by Gasteiger charge is 2.41. The van der Waals surface area contributed by atoms with Gasteiger partial charge in [-0.3, -0.25) is 9.97 Å². The molecule has 0 aromatic carbocycles. The fourth-order valence-corrected chi connectivity index (χ4v) is 2.65. The SMILES string of the molecule is ClCC1(CNc2ccnc3cc(Br)cnc23)CC1. The van der Waals surface area contributed by atoms with Crippen molar-refractivity contribution in [2.45, 2.75) is 12.8 Å². The number of aromatic nitrogens is 2. The molecular formula is C13H13BrClN3. The molecule has 1 N–H and O–H groups in total. The number of nitrogens with zero attached hydrogens (tertiary/aromatic N) is 2. The third-order valence-corrected chi connectivity index (χ3v) is 4.44. The second-order valence-electron chi connectivity index (χ2n) is 4.87. The Labute approximate surface area is 119 Å². The lowest BCUT2D eigenvalue weighted by Crippen LogP contribution is -2.17. The summed E-state index contributed by atoms with van der Waals surface area (Å²) in [4.78, 5) is 8.75. The summed E-state index contributed by atoms with van der Waals surface area (Å²) in [5.41, 5.74) is 3.13. The zero-order valence-corrected chi connectivity index (χ0v) is 12.1. The molecule has 94 valence electrons. The van der Waals surface area contributed by atoms with Crippen LogP contribution in [0.25, 0.3) is 11.0 Å². The number of hydrogen-bond donors (Lipinski definition) is 1. The fourth-order valence-electron chi connectivity index (χ4n) is 1.97. The summed E-state index contributed by atoms with van der Waals surface area (Å²) in [6.07, 6.45) is 6.03. The number of halogens is 2. The van der Waals surface area contributed by atoms with Crippen LogP contribution < -0.4 is 5.32 Å². The van der Waals surface area contributed by atoms with Crippen LogP contribution in [0.5, 0.6) is 0 Å².